The highest BCUT2D eigenvalue weighted by atomic mass is 16.6. The van der Waals surface area contributed by atoms with Crippen molar-refractivity contribution in [3.8, 4) is 0 Å². The van der Waals surface area contributed by atoms with Gasteiger partial charge in [0.1, 0.15) is 11.4 Å². The van der Waals surface area contributed by atoms with Gasteiger partial charge in [-0.05, 0) is 74.6 Å². The highest BCUT2D eigenvalue weighted by molar-refractivity contribution is 6.08. The van der Waals surface area contributed by atoms with E-state index in [1.165, 1.54) is 24.1 Å². The second kappa shape index (κ2) is 9.88. The van der Waals surface area contributed by atoms with Gasteiger partial charge in [0, 0.05) is 36.7 Å². The van der Waals surface area contributed by atoms with E-state index in [0.29, 0.717) is 0 Å². The van der Waals surface area contributed by atoms with Crippen LogP contribution in [0.4, 0.5) is 17.1 Å². The average molecular weight is 422 g/mol. The number of nitrogens with two attached hydrogens (primary N) is 1. The van der Waals surface area contributed by atoms with Crippen molar-refractivity contribution in [3.63, 3.8) is 0 Å². The monoisotopic (exact) mass is 421 g/mol. The molecule has 0 aliphatic carbocycles. The molecule has 0 unspecified atom stereocenters. The first kappa shape index (κ1) is 22.0. The van der Waals surface area contributed by atoms with E-state index in [9.17, 15) is 14.9 Å². The Morgan fingerprint density at radius 2 is 1.87 bits per heavy atom. The molecule has 1 saturated heterocycles. The number of nitrogens with zero attached hydrogens (tertiary/aromatic N) is 3. The molecule has 1 amide bonds. The largest absolute Gasteiger partial charge is 0.384 e. The van der Waals surface area contributed by atoms with E-state index in [1.54, 1.807) is 18.3 Å². The van der Waals surface area contributed by atoms with Crippen molar-refractivity contribution < 1.29 is 9.72 Å². The first-order chi connectivity index (χ1) is 14.8. The van der Waals surface area contributed by atoms with Crippen LogP contribution in [0.2, 0.25) is 0 Å². The van der Waals surface area contributed by atoms with Gasteiger partial charge < -0.3 is 16.0 Å². The minimum absolute atomic E-state index is 0.0426. The summed E-state index contributed by atoms with van der Waals surface area (Å²) in [6, 6.07) is 10.5. The molecule has 31 heavy (non-hydrogen) atoms. The second-order valence-corrected chi connectivity index (χ2v) is 7.62. The summed E-state index contributed by atoms with van der Waals surface area (Å²) in [7, 11) is 0. The van der Waals surface area contributed by atoms with Crippen LogP contribution in [0.25, 0.3) is 0 Å². The van der Waals surface area contributed by atoms with Crippen LogP contribution in [0.15, 0.2) is 53.7 Å². The van der Waals surface area contributed by atoms with E-state index in [1.807, 2.05) is 32.0 Å². The molecule has 0 atom stereocenters. The van der Waals surface area contributed by atoms with Crippen LogP contribution < -0.4 is 16.0 Å². The number of nitrogens with one attached hydrogen (secondary N) is 1. The van der Waals surface area contributed by atoms with E-state index in [4.69, 9.17) is 5.73 Å². The molecule has 0 spiro atoms. The Balaban J connectivity index is 1.77. The number of amidine groups is 1. The van der Waals surface area contributed by atoms with Gasteiger partial charge in [-0.2, -0.15) is 4.99 Å². The highest BCUT2D eigenvalue weighted by Gasteiger charge is 2.22. The topological polar surface area (TPSA) is 114 Å². The number of hydrogen-bond acceptors (Lipinski definition) is 5. The van der Waals surface area contributed by atoms with Crippen molar-refractivity contribution in [2.75, 3.05) is 23.3 Å². The van der Waals surface area contributed by atoms with Crippen LogP contribution in [-0.4, -0.2) is 29.8 Å². The molecule has 162 valence electrons. The van der Waals surface area contributed by atoms with Gasteiger partial charge in [0.15, 0.2) is 0 Å². The lowest BCUT2D eigenvalue weighted by molar-refractivity contribution is -0.385. The molecule has 1 aliphatic rings. The number of nitro groups is 1. The molecule has 1 fully saturated rings. The van der Waals surface area contributed by atoms with Crippen molar-refractivity contribution in [2.24, 2.45) is 10.7 Å². The number of aliphatic imine (C=N–C) groups is 1. The number of rotatable bonds is 6. The number of piperidine rings is 1. The van der Waals surface area contributed by atoms with Gasteiger partial charge in [0.25, 0.3) is 11.6 Å². The summed E-state index contributed by atoms with van der Waals surface area (Å²) in [5.74, 6) is -0.780. The van der Waals surface area contributed by atoms with Crippen molar-refractivity contribution in [1.29, 1.82) is 0 Å². The molecular formula is C23H27N5O3. The van der Waals surface area contributed by atoms with E-state index in [0.717, 1.165) is 42.9 Å². The van der Waals surface area contributed by atoms with E-state index < -0.39 is 10.8 Å². The summed E-state index contributed by atoms with van der Waals surface area (Å²) in [6.45, 7) is 5.78. The Hall–Kier alpha value is -3.68. The maximum Gasteiger partial charge on any atom is 0.285 e. The smallest absolute Gasteiger partial charge is 0.285 e. The normalized spacial score (nSPS) is 14.6. The fraction of sp³-hybridized carbons (Fsp3) is 0.304. The number of aryl methyl sites for hydroxylation is 2. The summed E-state index contributed by atoms with van der Waals surface area (Å²) >= 11 is 0. The first-order valence-electron chi connectivity index (χ1n) is 10.3. The van der Waals surface area contributed by atoms with Crippen molar-refractivity contribution in [1.82, 2.24) is 0 Å². The maximum atomic E-state index is 12.7. The summed E-state index contributed by atoms with van der Waals surface area (Å²) in [6.07, 6.45) is 6.31. The number of carbonyl (C=O) groups is 1. The number of nitro benzene ring substituents is 1. The third kappa shape index (κ3) is 5.69. The fourth-order valence-electron chi connectivity index (χ4n) is 3.47. The summed E-state index contributed by atoms with van der Waals surface area (Å²) in [4.78, 5) is 29.5. The maximum absolute atomic E-state index is 12.7. The molecule has 0 radical (unpaired) electrons. The lowest BCUT2D eigenvalue weighted by Crippen LogP contribution is -2.29. The van der Waals surface area contributed by atoms with Crippen LogP contribution in [-0.2, 0) is 0 Å². The average Bonchev–Trinajstić information content (AvgIpc) is 2.76. The zero-order chi connectivity index (χ0) is 22.4. The lowest BCUT2D eigenvalue weighted by atomic mass is 10.1. The van der Waals surface area contributed by atoms with Crippen LogP contribution in [0.3, 0.4) is 0 Å². The quantitative estimate of drug-likeness (QED) is 0.311. The third-order valence-electron chi connectivity index (χ3n) is 5.37. The van der Waals surface area contributed by atoms with Crippen LogP contribution in [0.5, 0.6) is 0 Å². The Labute approximate surface area is 181 Å². The van der Waals surface area contributed by atoms with Crippen molar-refractivity contribution in [3.05, 3.63) is 75.5 Å². The number of carbonyl (C=O) groups excluding carboxylic acids is 1. The molecule has 1 heterocycles. The Morgan fingerprint density at radius 3 is 2.55 bits per heavy atom. The molecule has 2 aromatic rings. The molecule has 8 heteroatoms. The first-order valence-corrected chi connectivity index (χ1v) is 10.3. The predicted octanol–water partition coefficient (Wildman–Crippen LogP) is 4.33. The number of anilines is 2. The minimum atomic E-state index is -0.737. The van der Waals surface area contributed by atoms with Gasteiger partial charge in [-0.3, -0.25) is 14.9 Å². The number of benzene rings is 2. The Kier molecular flexibility index (Phi) is 7.02. The number of hydrogen-bond donors (Lipinski definition) is 2. The predicted molar refractivity (Wildman–Crippen MR) is 124 cm³/mol. The Bertz CT molecular complexity index is 1040. The van der Waals surface area contributed by atoms with Crippen LogP contribution in [0, 0.1) is 24.0 Å². The number of amides is 1. The molecule has 8 nitrogen and oxygen atoms in total. The SMILES string of the molecule is Cc1ccc(N/C=C\C(N)=NC(=O)c2cc(N3CCCCC3)ccc2[N+](=O)[O-])cc1C. The van der Waals surface area contributed by atoms with Crippen molar-refractivity contribution in [2.45, 2.75) is 33.1 Å². The molecule has 0 aromatic heterocycles. The van der Waals surface area contributed by atoms with Gasteiger partial charge in [0.05, 0.1) is 4.92 Å². The zero-order valence-corrected chi connectivity index (χ0v) is 17.8. The highest BCUT2D eigenvalue weighted by Crippen LogP contribution is 2.27. The van der Waals surface area contributed by atoms with Crippen LogP contribution >= 0.6 is 0 Å². The molecule has 0 bridgehead atoms. The van der Waals surface area contributed by atoms with Gasteiger partial charge >= 0.3 is 0 Å². The standard InChI is InChI=1S/C23H27N5O3/c1-16-6-7-18(14-17(16)2)25-11-10-22(24)26-23(29)20-15-19(8-9-21(20)28(30)31)27-12-4-3-5-13-27/h6-11,14-15,25H,3-5,12-13H2,1-2H3,(H2,24,26,29)/b11-10-. The summed E-state index contributed by atoms with van der Waals surface area (Å²) in [5.41, 5.74) is 9.52. The van der Waals surface area contributed by atoms with Gasteiger partial charge in [-0.15, -0.1) is 0 Å². The molecule has 0 saturated carbocycles. The zero-order valence-electron chi connectivity index (χ0n) is 17.8. The second-order valence-electron chi connectivity index (χ2n) is 7.62. The molecular weight excluding hydrogens is 394 g/mol. The third-order valence-corrected chi connectivity index (χ3v) is 5.37. The molecule has 2 aromatic carbocycles. The molecule has 3 N–H and O–H groups in total. The van der Waals surface area contributed by atoms with E-state index in [2.05, 4.69) is 15.2 Å². The lowest BCUT2D eigenvalue weighted by Gasteiger charge is -2.28. The molecule has 1 aliphatic heterocycles. The Morgan fingerprint density at radius 1 is 1.13 bits per heavy atom. The van der Waals surface area contributed by atoms with E-state index >= 15 is 0 Å². The summed E-state index contributed by atoms with van der Waals surface area (Å²) < 4.78 is 0. The minimum Gasteiger partial charge on any atom is -0.384 e. The summed E-state index contributed by atoms with van der Waals surface area (Å²) in [5, 5.41) is 14.5. The van der Waals surface area contributed by atoms with Gasteiger partial charge in [0.2, 0.25) is 0 Å². The fourth-order valence-corrected chi connectivity index (χ4v) is 3.47. The van der Waals surface area contributed by atoms with Crippen LogP contribution in [0.1, 0.15) is 40.7 Å². The van der Waals surface area contributed by atoms with Crippen molar-refractivity contribution >= 4 is 28.8 Å². The molecule has 3 rings (SSSR count). The van der Waals surface area contributed by atoms with Gasteiger partial charge in [-0.1, -0.05) is 6.07 Å². The van der Waals surface area contributed by atoms with Gasteiger partial charge in [-0.25, -0.2) is 0 Å². The van der Waals surface area contributed by atoms with E-state index in [-0.39, 0.29) is 17.1 Å².